The molecule has 10 nitrogen and oxygen atoms in total. The Bertz CT molecular complexity index is 598. The van der Waals surface area contributed by atoms with Crippen LogP contribution in [0.3, 0.4) is 0 Å². The minimum atomic E-state index is -6.09. The molecule has 0 saturated carbocycles. The van der Waals surface area contributed by atoms with Crippen molar-refractivity contribution in [3.05, 3.63) is 0 Å². The molecule has 0 heterocycles. The summed E-state index contributed by atoms with van der Waals surface area (Å²) in [5.41, 5.74) is -16.9. The zero-order valence-electron chi connectivity index (χ0n) is 10.6. The summed E-state index contributed by atoms with van der Waals surface area (Å²) in [5.74, 6) is 0. The van der Waals surface area contributed by atoms with Crippen LogP contribution in [0, 0.1) is 46.9 Å². The van der Waals surface area contributed by atoms with Crippen molar-refractivity contribution in [3.63, 3.8) is 0 Å². The fourth-order valence-corrected chi connectivity index (χ4v) is 0. The molecule has 0 bridgehead atoms. The van der Waals surface area contributed by atoms with Gasteiger partial charge >= 0.3 is 63.4 Å². The fourth-order valence-electron chi connectivity index (χ4n) is 0. The van der Waals surface area contributed by atoms with Gasteiger partial charge in [-0.3, -0.25) is 0 Å². The van der Waals surface area contributed by atoms with E-state index in [4.69, 9.17) is 38.9 Å². The quantitative estimate of drug-likeness (QED) is 0.187. The molecule has 0 aromatic rings. The topological polar surface area (TPSA) is 203 Å². The Labute approximate surface area is 176 Å². The molecule has 1 radical (unpaired) electrons. The molecule has 26 heavy (non-hydrogen) atoms. The number of hydrogen-bond donors (Lipinski definition) is 0. The predicted molar refractivity (Wildman–Crippen MR) is 50.9 cm³/mol. The van der Waals surface area contributed by atoms with E-state index in [1.165, 1.54) is 0 Å². The summed E-state index contributed by atoms with van der Waals surface area (Å²) in [6, 6.07) is 0. The maximum atomic E-state index is 10.7. The fraction of sp³-hybridized carbons (Fsp3) is 1.00. The van der Waals surface area contributed by atoms with Crippen LogP contribution in [0.15, 0.2) is 0 Å². The van der Waals surface area contributed by atoms with Crippen molar-refractivity contribution < 1.29 is 131 Å². The van der Waals surface area contributed by atoms with Crippen LogP contribution in [0.2, 0.25) is 0 Å². The number of hydrogen-bond acceptors (Lipinski definition) is 9. The van der Waals surface area contributed by atoms with Crippen LogP contribution in [0.4, 0.5) is 39.5 Å². The van der Waals surface area contributed by atoms with Crippen LogP contribution in [0.1, 0.15) is 0 Å². The molecular formula is C3H2F9O10S3Yb. The van der Waals surface area contributed by atoms with E-state index in [2.05, 4.69) is 0 Å². The van der Waals surface area contributed by atoms with Gasteiger partial charge in [0.15, 0.2) is 30.4 Å². The average molecular weight is 638 g/mol. The zero-order chi connectivity index (χ0) is 21.0. The van der Waals surface area contributed by atoms with Crippen LogP contribution in [0.25, 0.3) is 0 Å². The van der Waals surface area contributed by atoms with Crippen molar-refractivity contribution in [2.45, 2.75) is 16.5 Å². The second-order valence-electron chi connectivity index (χ2n) is 2.70. The summed E-state index contributed by atoms with van der Waals surface area (Å²) in [4.78, 5) is 0. The molecule has 0 spiro atoms. The van der Waals surface area contributed by atoms with E-state index in [-0.39, 0.29) is 52.4 Å². The SMILES string of the molecule is O.O=S(=O)([O-])C(F)(F)F.O=S(=O)([O-])C(F)(F)F.O=S(=O)([O-])C(F)(F)F.[Yb+3]. The van der Waals surface area contributed by atoms with Gasteiger partial charge < -0.3 is 19.1 Å². The molecule has 0 aliphatic heterocycles. The third-order valence-corrected chi connectivity index (χ3v) is 2.55. The summed E-state index contributed by atoms with van der Waals surface area (Å²) >= 11 is 0. The van der Waals surface area contributed by atoms with Gasteiger partial charge in [-0.15, -0.1) is 0 Å². The van der Waals surface area contributed by atoms with Crippen LogP contribution in [-0.4, -0.2) is 60.9 Å². The molecule has 0 fully saturated rings. The molecule has 0 aromatic carbocycles. The number of alkyl halides is 9. The van der Waals surface area contributed by atoms with Gasteiger partial charge in [0.25, 0.3) is 0 Å². The first kappa shape index (κ1) is 37.3. The smallest absolute Gasteiger partial charge is 0.741 e. The normalized spacial score (nSPS) is 12.9. The van der Waals surface area contributed by atoms with Gasteiger partial charge in [-0.05, 0) is 0 Å². The Balaban J connectivity index is -0.0000000817. The maximum Gasteiger partial charge on any atom is 3.00 e. The van der Waals surface area contributed by atoms with Gasteiger partial charge in [0, 0.05) is 0 Å². The molecule has 2 N–H and O–H groups in total. The minimum absolute atomic E-state index is 0. The van der Waals surface area contributed by atoms with Gasteiger partial charge in [-0.1, -0.05) is 0 Å². The second kappa shape index (κ2) is 11.5. The summed E-state index contributed by atoms with van der Waals surface area (Å²) in [5, 5.41) is 0. The van der Waals surface area contributed by atoms with Crippen molar-refractivity contribution in [2.75, 3.05) is 0 Å². The Morgan fingerprint density at radius 3 is 0.500 bits per heavy atom. The largest absolute Gasteiger partial charge is 3.00 e. The molecule has 0 aliphatic rings. The monoisotopic (exact) mass is 639 g/mol. The van der Waals surface area contributed by atoms with E-state index in [0.29, 0.717) is 0 Å². The summed E-state index contributed by atoms with van der Waals surface area (Å²) in [6.07, 6.45) is 0. The predicted octanol–water partition coefficient (Wildman–Crippen LogP) is -0.670. The second-order valence-corrected chi connectivity index (χ2v) is 6.81. The van der Waals surface area contributed by atoms with E-state index in [9.17, 15) is 39.5 Å². The Morgan fingerprint density at radius 2 is 0.500 bits per heavy atom. The van der Waals surface area contributed by atoms with Crippen molar-refractivity contribution in [1.82, 2.24) is 0 Å². The van der Waals surface area contributed by atoms with Gasteiger partial charge in [-0.25, -0.2) is 25.3 Å². The number of halogens is 9. The van der Waals surface area contributed by atoms with E-state index in [1.807, 2.05) is 0 Å². The molecule has 169 valence electrons. The molecule has 23 heteroatoms. The van der Waals surface area contributed by atoms with Gasteiger partial charge in [0.05, 0.1) is 0 Å². The minimum Gasteiger partial charge on any atom is -0.741 e. The molecule has 0 saturated heterocycles. The third kappa shape index (κ3) is 18.0. The number of rotatable bonds is 0. The first-order chi connectivity index (χ1) is 9.75. The van der Waals surface area contributed by atoms with Crippen molar-refractivity contribution in [3.8, 4) is 0 Å². The third-order valence-electron chi connectivity index (χ3n) is 0.850. The van der Waals surface area contributed by atoms with Gasteiger partial charge in [0.2, 0.25) is 0 Å². The van der Waals surface area contributed by atoms with E-state index >= 15 is 0 Å². The van der Waals surface area contributed by atoms with Crippen molar-refractivity contribution in [2.24, 2.45) is 0 Å². The molecule has 0 aromatic heterocycles. The maximum absolute atomic E-state index is 10.7. The van der Waals surface area contributed by atoms with Gasteiger partial charge in [0.1, 0.15) is 0 Å². The standard InChI is InChI=1S/3CHF3O3S.H2O.Yb/c3*2-1(3,4)8(5,6)7;;/h3*(H,5,6,7);1H2;/q;;;;+3/p-3. The molecule has 0 rings (SSSR count). The molecular weight excluding hydrogens is 636 g/mol. The molecule has 0 aliphatic carbocycles. The molecule has 0 unspecified atom stereocenters. The molecule has 0 atom stereocenters. The van der Waals surface area contributed by atoms with Crippen LogP contribution in [-0.2, 0) is 30.4 Å². The van der Waals surface area contributed by atoms with Crippen LogP contribution < -0.4 is 0 Å². The first-order valence-corrected chi connectivity index (χ1v) is 8.04. The Hall–Kier alpha value is 0.579. The van der Waals surface area contributed by atoms with Crippen LogP contribution >= 0.6 is 0 Å². The van der Waals surface area contributed by atoms with E-state index in [1.54, 1.807) is 0 Å². The Kier molecular flexibility index (Phi) is 16.6. The zero-order valence-corrected chi connectivity index (χ0v) is 14.7. The van der Waals surface area contributed by atoms with Gasteiger partial charge in [-0.2, -0.15) is 39.5 Å². The Morgan fingerprint density at radius 1 is 0.462 bits per heavy atom. The van der Waals surface area contributed by atoms with Crippen molar-refractivity contribution >= 4 is 30.4 Å². The summed E-state index contributed by atoms with van der Waals surface area (Å²) in [7, 11) is -18.3. The summed E-state index contributed by atoms with van der Waals surface area (Å²) < 4.78 is 177. The summed E-state index contributed by atoms with van der Waals surface area (Å²) in [6.45, 7) is 0. The van der Waals surface area contributed by atoms with Crippen LogP contribution in [0.5, 0.6) is 0 Å². The average Bonchev–Trinajstić information content (AvgIpc) is 2.08. The first-order valence-electron chi connectivity index (χ1n) is 3.81. The van der Waals surface area contributed by atoms with Crippen molar-refractivity contribution in [1.29, 1.82) is 0 Å². The molecule has 0 amide bonds. The van der Waals surface area contributed by atoms with E-state index in [0.717, 1.165) is 0 Å². The van der Waals surface area contributed by atoms with E-state index < -0.39 is 46.9 Å².